The molecule has 16 heteroatoms. The maximum atomic E-state index is 11.2. The fourth-order valence-corrected chi connectivity index (χ4v) is 3.47. The molecular weight excluding hydrogens is 452 g/mol. The van der Waals surface area contributed by atoms with E-state index in [1.807, 2.05) is 0 Å². The van der Waals surface area contributed by atoms with E-state index >= 15 is 0 Å². The molecular formula is C14H20N2O12S2. The van der Waals surface area contributed by atoms with Gasteiger partial charge in [0.05, 0.1) is 6.61 Å². The number of hydrogen-bond donors (Lipinski definition) is 6. The van der Waals surface area contributed by atoms with Crippen molar-refractivity contribution in [1.82, 2.24) is 4.72 Å². The van der Waals surface area contributed by atoms with Gasteiger partial charge in [0.25, 0.3) is 0 Å². The molecule has 1 heterocycles. The molecule has 1 aromatic carbocycles. The van der Waals surface area contributed by atoms with E-state index in [1.165, 1.54) is 31.2 Å². The molecule has 14 nitrogen and oxygen atoms in total. The second-order valence-electron chi connectivity index (χ2n) is 6.18. The van der Waals surface area contributed by atoms with Gasteiger partial charge in [0, 0.05) is 12.6 Å². The van der Waals surface area contributed by atoms with Crippen molar-refractivity contribution in [2.75, 3.05) is 11.9 Å². The molecule has 1 aromatic rings. The van der Waals surface area contributed by atoms with Gasteiger partial charge < -0.3 is 25.0 Å². The van der Waals surface area contributed by atoms with Crippen LogP contribution in [0.5, 0.6) is 5.75 Å². The molecule has 6 N–H and O–H groups in total. The first-order chi connectivity index (χ1) is 13.7. The second-order valence-corrected chi connectivity index (χ2v) is 8.46. The number of hydrogen-bond acceptors (Lipinski definition) is 10. The Morgan fingerprint density at radius 1 is 1.10 bits per heavy atom. The number of aliphatic hydroxyl groups excluding tert-OH is 2. The van der Waals surface area contributed by atoms with Gasteiger partial charge in [-0.1, -0.05) is 0 Å². The summed E-state index contributed by atoms with van der Waals surface area (Å²) in [7, 11) is -9.77. The minimum atomic E-state index is -4.90. The van der Waals surface area contributed by atoms with Crippen LogP contribution in [0.2, 0.25) is 0 Å². The Morgan fingerprint density at radius 3 is 2.20 bits per heavy atom. The average molecular weight is 472 g/mol. The molecule has 1 aliphatic heterocycles. The number of amides is 1. The van der Waals surface area contributed by atoms with Crippen LogP contribution in [0.25, 0.3) is 0 Å². The highest BCUT2D eigenvalue weighted by Crippen LogP contribution is 2.26. The summed E-state index contributed by atoms with van der Waals surface area (Å²) in [5, 5.41) is 22.8. The van der Waals surface area contributed by atoms with Crippen molar-refractivity contribution >= 4 is 32.3 Å². The molecule has 0 spiro atoms. The molecule has 1 saturated heterocycles. The quantitative estimate of drug-likeness (QED) is 0.227. The summed E-state index contributed by atoms with van der Waals surface area (Å²) in [5.74, 6) is -0.259. The summed E-state index contributed by atoms with van der Waals surface area (Å²) < 4.78 is 78.1. The van der Waals surface area contributed by atoms with Crippen molar-refractivity contribution in [3.63, 3.8) is 0 Å². The van der Waals surface area contributed by atoms with Gasteiger partial charge in [-0.2, -0.15) is 21.6 Å². The van der Waals surface area contributed by atoms with Crippen LogP contribution in [0.4, 0.5) is 5.69 Å². The number of rotatable bonds is 8. The highest BCUT2D eigenvalue weighted by Gasteiger charge is 2.47. The fourth-order valence-electron chi connectivity index (χ4n) is 2.57. The third-order valence-corrected chi connectivity index (χ3v) is 4.80. The monoisotopic (exact) mass is 472 g/mol. The van der Waals surface area contributed by atoms with Crippen molar-refractivity contribution in [1.29, 1.82) is 0 Å². The smallest absolute Gasteiger partial charge is 0.397 e. The van der Waals surface area contributed by atoms with E-state index in [9.17, 15) is 31.8 Å². The van der Waals surface area contributed by atoms with E-state index in [1.54, 1.807) is 4.72 Å². The molecule has 1 fully saturated rings. The standard InChI is InChI=1S/C14H20N2O12S2/c1-7(17)15-8-2-4-9(5-3-8)27-14-11(16-29(20,21)22)13(19)12(18)10(28-14)6-26-30(23,24)25/h2-5,10-14,16,18-19H,6H2,1H3,(H,15,17)(H,20,21,22)(H,23,24,25)/t10-,11-,12-,13-,14-/m1/s1. The van der Waals surface area contributed by atoms with Crippen LogP contribution < -0.4 is 14.8 Å². The summed E-state index contributed by atoms with van der Waals surface area (Å²) >= 11 is 0. The molecule has 0 aliphatic carbocycles. The first-order valence-electron chi connectivity index (χ1n) is 8.17. The third kappa shape index (κ3) is 7.42. The summed E-state index contributed by atoms with van der Waals surface area (Å²) in [6, 6.07) is 3.89. The van der Waals surface area contributed by atoms with Gasteiger partial charge in [-0.3, -0.25) is 13.9 Å². The predicted molar refractivity (Wildman–Crippen MR) is 98.0 cm³/mol. The summed E-state index contributed by atoms with van der Waals surface area (Å²) in [5.41, 5.74) is 0.418. The van der Waals surface area contributed by atoms with Gasteiger partial charge in [-0.15, -0.1) is 0 Å². The number of ether oxygens (including phenoxy) is 2. The van der Waals surface area contributed by atoms with E-state index in [0.29, 0.717) is 5.69 Å². The van der Waals surface area contributed by atoms with Crippen LogP contribution in [0, 0.1) is 0 Å². The second kappa shape index (κ2) is 9.50. The van der Waals surface area contributed by atoms with E-state index in [0.717, 1.165) is 0 Å². The zero-order valence-electron chi connectivity index (χ0n) is 15.3. The Bertz CT molecular complexity index is 948. The molecule has 0 aromatic heterocycles. The lowest BCUT2D eigenvalue weighted by Gasteiger charge is -2.41. The fraction of sp³-hybridized carbons (Fsp3) is 0.500. The highest BCUT2D eigenvalue weighted by atomic mass is 32.3. The van der Waals surface area contributed by atoms with Gasteiger partial charge in [0.1, 0.15) is 30.1 Å². The predicted octanol–water partition coefficient (Wildman–Crippen LogP) is -1.95. The van der Waals surface area contributed by atoms with Crippen LogP contribution in [0.3, 0.4) is 0 Å². The largest absolute Gasteiger partial charge is 0.463 e. The molecule has 0 unspecified atom stereocenters. The molecule has 1 aliphatic rings. The molecule has 2 rings (SSSR count). The molecule has 30 heavy (non-hydrogen) atoms. The zero-order chi connectivity index (χ0) is 22.7. The van der Waals surface area contributed by atoms with Crippen molar-refractivity contribution < 1.29 is 54.6 Å². The maximum absolute atomic E-state index is 11.2. The molecule has 5 atom stereocenters. The first-order valence-corrected chi connectivity index (χ1v) is 11.0. The Morgan fingerprint density at radius 2 is 1.70 bits per heavy atom. The SMILES string of the molecule is CC(=O)Nc1ccc(O[C@@H]2O[C@H](COS(=O)(=O)O)[C@@H](O)[C@H](O)[C@H]2NS(=O)(=O)O)cc1. The number of carbonyl (C=O) groups is 1. The van der Waals surface area contributed by atoms with Crippen LogP contribution in [0.1, 0.15) is 6.92 Å². The number of aliphatic hydroxyl groups is 2. The Balaban J connectivity index is 2.23. The van der Waals surface area contributed by atoms with Crippen molar-refractivity contribution in [3.05, 3.63) is 24.3 Å². The molecule has 0 bridgehead atoms. The van der Waals surface area contributed by atoms with E-state index < -0.39 is 58.0 Å². The van der Waals surface area contributed by atoms with Crippen molar-refractivity contribution in [3.8, 4) is 5.75 Å². The van der Waals surface area contributed by atoms with Gasteiger partial charge in [0.15, 0.2) is 0 Å². The molecule has 170 valence electrons. The number of carbonyl (C=O) groups excluding carboxylic acids is 1. The van der Waals surface area contributed by atoms with Gasteiger partial charge >= 0.3 is 20.7 Å². The van der Waals surface area contributed by atoms with E-state index in [2.05, 4.69) is 9.50 Å². The Hall–Kier alpha value is -1.89. The number of nitrogens with one attached hydrogen (secondary N) is 2. The normalized spacial score (nSPS) is 27.4. The minimum absolute atomic E-state index is 0.0641. The number of anilines is 1. The zero-order valence-corrected chi connectivity index (χ0v) is 16.9. The lowest BCUT2D eigenvalue weighted by molar-refractivity contribution is -0.240. The van der Waals surface area contributed by atoms with Crippen LogP contribution >= 0.6 is 0 Å². The Kier molecular flexibility index (Phi) is 7.72. The van der Waals surface area contributed by atoms with Crippen LogP contribution in [-0.4, -0.2) is 79.3 Å². The van der Waals surface area contributed by atoms with Gasteiger partial charge in [-0.05, 0) is 24.3 Å². The lowest BCUT2D eigenvalue weighted by atomic mass is 9.98. The van der Waals surface area contributed by atoms with Gasteiger partial charge in [0.2, 0.25) is 12.2 Å². The molecule has 0 saturated carbocycles. The minimum Gasteiger partial charge on any atom is -0.463 e. The van der Waals surface area contributed by atoms with E-state index in [-0.39, 0.29) is 11.7 Å². The van der Waals surface area contributed by atoms with Crippen molar-refractivity contribution in [2.24, 2.45) is 0 Å². The summed E-state index contributed by atoms with van der Waals surface area (Å²) in [4.78, 5) is 11.1. The lowest BCUT2D eigenvalue weighted by Crippen LogP contribution is -2.65. The topological polar surface area (TPSA) is 218 Å². The maximum Gasteiger partial charge on any atom is 0.397 e. The molecule has 0 radical (unpaired) electrons. The third-order valence-electron chi connectivity index (χ3n) is 3.79. The summed E-state index contributed by atoms with van der Waals surface area (Å²) in [6.45, 7) is 0.365. The van der Waals surface area contributed by atoms with Crippen LogP contribution in [-0.2, 0) is 34.4 Å². The number of benzene rings is 1. The first kappa shape index (κ1) is 24.4. The van der Waals surface area contributed by atoms with Gasteiger partial charge in [-0.25, -0.2) is 4.18 Å². The van der Waals surface area contributed by atoms with Crippen LogP contribution in [0.15, 0.2) is 24.3 Å². The average Bonchev–Trinajstić information content (AvgIpc) is 2.59. The molecule has 1 amide bonds. The van der Waals surface area contributed by atoms with Crippen molar-refractivity contribution in [2.45, 2.75) is 37.6 Å². The Labute approximate surface area is 171 Å². The summed E-state index contributed by atoms with van der Waals surface area (Å²) in [6.07, 6.45) is -7.05. The highest BCUT2D eigenvalue weighted by molar-refractivity contribution is 7.83. The van der Waals surface area contributed by atoms with E-state index in [4.69, 9.17) is 18.6 Å².